The monoisotopic (exact) mass is 425 g/mol. The summed E-state index contributed by atoms with van der Waals surface area (Å²) < 4.78 is 12.3. The van der Waals surface area contributed by atoms with Gasteiger partial charge in [0.05, 0.1) is 30.2 Å². The number of thiophene rings is 1. The van der Waals surface area contributed by atoms with Crippen LogP contribution in [0.3, 0.4) is 0 Å². The van der Waals surface area contributed by atoms with E-state index in [-0.39, 0.29) is 11.7 Å². The number of rotatable bonds is 10. The van der Waals surface area contributed by atoms with Gasteiger partial charge in [0.25, 0.3) is 0 Å². The van der Waals surface area contributed by atoms with Gasteiger partial charge in [-0.05, 0) is 33.3 Å². The Morgan fingerprint density at radius 1 is 1.32 bits per heavy atom. The van der Waals surface area contributed by atoms with Crippen LogP contribution in [-0.2, 0) is 27.2 Å². The minimum atomic E-state index is -0.414. The number of carbonyl (C=O) groups is 2. The van der Waals surface area contributed by atoms with E-state index in [0.717, 1.165) is 27.8 Å². The zero-order chi connectivity index (χ0) is 20.7. The summed E-state index contributed by atoms with van der Waals surface area (Å²) in [7, 11) is 1.66. The molecule has 1 N–H and O–H groups in total. The van der Waals surface area contributed by atoms with Gasteiger partial charge in [0.15, 0.2) is 5.16 Å². The molecule has 0 saturated carbocycles. The average molecular weight is 426 g/mol. The maximum atomic E-state index is 12.5. The Bertz CT molecular complexity index is 830. The molecule has 0 unspecified atom stereocenters. The maximum Gasteiger partial charge on any atom is 0.341 e. The molecule has 9 heteroatoms. The van der Waals surface area contributed by atoms with Gasteiger partial charge >= 0.3 is 5.97 Å². The molecule has 0 bridgehead atoms. The van der Waals surface area contributed by atoms with E-state index in [1.807, 2.05) is 20.8 Å². The fourth-order valence-corrected chi connectivity index (χ4v) is 4.46. The number of nitrogens with zero attached hydrogens (tertiary/aromatic N) is 2. The summed E-state index contributed by atoms with van der Waals surface area (Å²) in [6, 6.07) is 1.79. The first kappa shape index (κ1) is 22.4. The van der Waals surface area contributed by atoms with Crippen molar-refractivity contribution in [2.75, 3.05) is 31.4 Å². The molecule has 154 valence electrons. The number of esters is 1. The second-order valence-corrected chi connectivity index (χ2v) is 8.16. The van der Waals surface area contributed by atoms with Crippen molar-refractivity contribution in [3.63, 3.8) is 0 Å². The van der Waals surface area contributed by atoms with Crippen LogP contribution in [0.2, 0.25) is 0 Å². The van der Waals surface area contributed by atoms with Crippen LogP contribution in [0.15, 0.2) is 11.2 Å². The fraction of sp³-hybridized carbons (Fsp3) is 0.526. The number of imidazole rings is 1. The molecule has 0 aliphatic heterocycles. The molecule has 7 nitrogen and oxygen atoms in total. The molecule has 2 heterocycles. The molecule has 2 aromatic rings. The summed E-state index contributed by atoms with van der Waals surface area (Å²) in [5, 5.41) is 4.18. The smallest absolute Gasteiger partial charge is 0.341 e. The lowest BCUT2D eigenvalue weighted by molar-refractivity contribution is -0.113. The molecule has 0 radical (unpaired) electrons. The van der Waals surface area contributed by atoms with Crippen molar-refractivity contribution >= 4 is 40.0 Å². The number of hydrogen-bond acceptors (Lipinski definition) is 7. The third-order valence-corrected chi connectivity index (χ3v) is 6.33. The van der Waals surface area contributed by atoms with Crippen LogP contribution in [0.25, 0.3) is 0 Å². The number of anilines is 1. The lowest BCUT2D eigenvalue weighted by Gasteiger charge is -2.09. The number of aryl methyl sites for hydroxylation is 2. The zero-order valence-corrected chi connectivity index (χ0v) is 18.6. The summed E-state index contributed by atoms with van der Waals surface area (Å²) in [6.07, 6.45) is 0.789. The molecule has 0 aliphatic carbocycles. The van der Waals surface area contributed by atoms with Crippen molar-refractivity contribution in [3.05, 3.63) is 27.9 Å². The minimum Gasteiger partial charge on any atom is -0.462 e. The molecule has 0 spiro atoms. The predicted octanol–water partition coefficient (Wildman–Crippen LogP) is 3.68. The lowest BCUT2D eigenvalue weighted by atomic mass is 10.2. The van der Waals surface area contributed by atoms with Crippen LogP contribution in [0.4, 0.5) is 5.00 Å². The highest BCUT2D eigenvalue weighted by Crippen LogP contribution is 2.30. The van der Waals surface area contributed by atoms with Crippen LogP contribution in [0.5, 0.6) is 0 Å². The summed E-state index contributed by atoms with van der Waals surface area (Å²) in [5.41, 5.74) is 2.42. The Kier molecular flexibility index (Phi) is 8.53. The molecule has 0 aromatic carbocycles. The largest absolute Gasteiger partial charge is 0.462 e. The second-order valence-electron chi connectivity index (χ2n) is 6.08. The Morgan fingerprint density at radius 3 is 2.71 bits per heavy atom. The molecule has 1 amide bonds. The van der Waals surface area contributed by atoms with Gasteiger partial charge in [0.2, 0.25) is 5.91 Å². The van der Waals surface area contributed by atoms with E-state index in [0.29, 0.717) is 30.3 Å². The van der Waals surface area contributed by atoms with Crippen molar-refractivity contribution < 1.29 is 19.1 Å². The van der Waals surface area contributed by atoms with E-state index in [1.54, 1.807) is 20.1 Å². The summed E-state index contributed by atoms with van der Waals surface area (Å²) in [5.74, 6) is -0.399. The van der Waals surface area contributed by atoms with Gasteiger partial charge in [-0.1, -0.05) is 18.7 Å². The first-order valence-electron chi connectivity index (χ1n) is 9.16. The molecule has 0 saturated heterocycles. The van der Waals surface area contributed by atoms with Crippen LogP contribution in [0.1, 0.15) is 40.5 Å². The third-order valence-electron chi connectivity index (χ3n) is 4.15. The van der Waals surface area contributed by atoms with Crippen LogP contribution >= 0.6 is 23.1 Å². The van der Waals surface area contributed by atoms with Gasteiger partial charge in [0.1, 0.15) is 5.00 Å². The van der Waals surface area contributed by atoms with Gasteiger partial charge in [-0.3, -0.25) is 4.79 Å². The van der Waals surface area contributed by atoms with Crippen molar-refractivity contribution in [2.45, 2.75) is 45.8 Å². The van der Waals surface area contributed by atoms with Crippen molar-refractivity contribution in [1.29, 1.82) is 0 Å². The number of hydrogen-bond donors (Lipinski definition) is 1. The van der Waals surface area contributed by atoms with E-state index in [9.17, 15) is 9.59 Å². The summed E-state index contributed by atoms with van der Waals surface area (Å²) in [6.45, 7) is 9.28. The number of carbonyl (C=O) groups excluding carboxylic acids is 2. The van der Waals surface area contributed by atoms with Crippen LogP contribution < -0.4 is 5.32 Å². The van der Waals surface area contributed by atoms with Crippen LogP contribution in [0, 0.1) is 13.8 Å². The van der Waals surface area contributed by atoms with Crippen molar-refractivity contribution in [1.82, 2.24) is 9.55 Å². The standard InChI is InChI=1S/C19H27N3O4S2/c1-6-14-10-15(18(24)26-7-2)17(28-14)21-16(23)11-27-19-20-12(3)13(4)22(19)8-9-25-5/h10H,6-9,11H2,1-5H3,(H,21,23). The number of nitrogens with one attached hydrogen (secondary N) is 1. The highest BCUT2D eigenvalue weighted by atomic mass is 32.2. The Balaban J connectivity index is 2.06. The Labute approximate surface area is 173 Å². The SMILES string of the molecule is CCOC(=O)c1cc(CC)sc1NC(=O)CSc1nc(C)c(C)n1CCOC. The topological polar surface area (TPSA) is 82.5 Å². The van der Waals surface area contributed by atoms with Crippen LogP contribution in [-0.4, -0.2) is 47.5 Å². The highest BCUT2D eigenvalue weighted by Gasteiger charge is 2.19. The predicted molar refractivity (Wildman–Crippen MR) is 113 cm³/mol. The zero-order valence-electron chi connectivity index (χ0n) is 17.0. The molecular weight excluding hydrogens is 398 g/mol. The van der Waals surface area contributed by atoms with Gasteiger partial charge in [-0.2, -0.15) is 0 Å². The number of amides is 1. The number of ether oxygens (including phenoxy) is 2. The van der Waals surface area contributed by atoms with E-state index >= 15 is 0 Å². The van der Waals surface area contributed by atoms with E-state index in [2.05, 4.69) is 14.9 Å². The average Bonchev–Trinajstić information content (AvgIpc) is 3.20. The number of thioether (sulfide) groups is 1. The molecule has 28 heavy (non-hydrogen) atoms. The molecule has 2 rings (SSSR count). The number of aromatic nitrogens is 2. The number of methoxy groups -OCH3 is 1. The van der Waals surface area contributed by atoms with Gasteiger partial charge in [0, 0.05) is 24.2 Å². The van der Waals surface area contributed by atoms with E-state index < -0.39 is 5.97 Å². The molecule has 0 fully saturated rings. The van der Waals surface area contributed by atoms with Crippen molar-refractivity contribution in [2.24, 2.45) is 0 Å². The summed E-state index contributed by atoms with van der Waals surface area (Å²) >= 11 is 2.77. The molecule has 0 aliphatic rings. The van der Waals surface area contributed by atoms with Crippen molar-refractivity contribution in [3.8, 4) is 0 Å². The minimum absolute atomic E-state index is 0.184. The summed E-state index contributed by atoms with van der Waals surface area (Å²) in [4.78, 5) is 30.2. The van der Waals surface area contributed by atoms with Gasteiger partial charge in [-0.25, -0.2) is 9.78 Å². The maximum absolute atomic E-state index is 12.5. The second kappa shape index (κ2) is 10.6. The van der Waals surface area contributed by atoms with E-state index in [1.165, 1.54) is 23.1 Å². The normalized spacial score (nSPS) is 10.9. The highest BCUT2D eigenvalue weighted by molar-refractivity contribution is 7.99. The fourth-order valence-electron chi connectivity index (χ4n) is 2.54. The molecule has 2 aromatic heterocycles. The van der Waals surface area contributed by atoms with E-state index in [4.69, 9.17) is 9.47 Å². The third kappa shape index (κ3) is 5.59. The molecule has 0 atom stereocenters. The lowest BCUT2D eigenvalue weighted by Crippen LogP contribution is -2.16. The Hall–Kier alpha value is -1.84. The first-order chi connectivity index (χ1) is 13.4. The Morgan fingerprint density at radius 2 is 2.07 bits per heavy atom. The first-order valence-corrected chi connectivity index (χ1v) is 11.0. The van der Waals surface area contributed by atoms with Gasteiger partial charge < -0.3 is 19.4 Å². The molecular formula is C19H27N3O4S2. The quantitative estimate of drug-likeness (QED) is 0.462. The van der Waals surface area contributed by atoms with Gasteiger partial charge in [-0.15, -0.1) is 11.3 Å².